The second-order valence-corrected chi connectivity index (χ2v) is 9.68. The smallest absolute Gasteiger partial charge is 0.254 e. The molecule has 2 heterocycles. The summed E-state index contributed by atoms with van der Waals surface area (Å²) in [7, 11) is -1.75. The number of methoxy groups -OCH3 is 1. The van der Waals surface area contributed by atoms with E-state index in [2.05, 4.69) is 4.98 Å². The van der Waals surface area contributed by atoms with Crippen molar-refractivity contribution >= 4 is 15.9 Å². The van der Waals surface area contributed by atoms with E-state index in [1.165, 1.54) is 6.26 Å². The van der Waals surface area contributed by atoms with Crippen LogP contribution in [0.3, 0.4) is 0 Å². The van der Waals surface area contributed by atoms with Crippen LogP contribution < -0.4 is 4.74 Å². The summed E-state index contributed by atoms with van der Waals surface area (Å²) in [4.78, 5) is 19.0. The second-order valence-electron chi connectivity index (χ2n) is 7.75. The number of ether oxygens (including phenoxy) is 1. The van der Waals surface area contributed by atoms with Crippen LogP contribution in [0.15, 0.2) is 30.6 Å². The van der Waals surface area contributed by atoms with Gasteiger partial charge in [0.2, 0.25) is 10.0 Å². The number of piperidine rings is 1. The van der Waals surface area contributed by atoms with E-state index in [0.717, 1.165) is 17.1 Å². The van der Waals surface area contributed by atoms with Gasteiger partial charge in [-0.3, -0.25) is 4.79 Å². The van der Waals surface area contributed by atoms with Crippen molar-refractivity contribution in [1.29, 1.82) is 0 Å². The Kier molecular flexibility index (Phi) is 6.82. The third kappa shape index (κ3) is 5.02. The Morgan fingerprint density at radius 2 is 1.97 bits per heavy atom. The molecule has 0 unspecified atom stereocenters. The zero-order chi connectivity index (χ0) is 21.9. The molecule has 0 saturated carbocycles. The first kappa shape index (κ1) is 22.3. The quantitative estimate of drug-likeness (QED) is 0.666. The van der Waals surface area contributed by atoms with E-state index in [1.807, 2.05) is 35.6 Å². The fourth-order valence-corrected chi connectivity index (χ4v) is 5.16. The number of carbonyl (C=O) groups is 1. The van der Waals surface area contributed by atoms with Crippen molar-refractivity contribution in [2.24, 2.45) is 0 Å². The minimum absolute atomic E-state index is 0.0199. The molecule has 0 spiro atoms. The fraction of sp³-hybridized carbons (Fsp3) is 0.524. The maximum Gasteiger partial charge on any atom is 0.254 e. The van der Waals surface area contributed by atoms with Gasteiger partial charge in [0.1, 0.15) is 11.6 Å². The zero-order valence-corrected chi connectivity index (χ0v) is 18.9. The summed E-state index contributed by atoms with van der Waals surface area (Å²) in [6.45, 7) is 5.81. The Balaban J connectivity index is 1.64. The Morgan fingerprint density at radius 3 is 2.50 bits per heavy atom. The second kappa shape index (κ2) is 9.18. The van der Waals surface area contributed by atoms with Gasteiger partial charge in [-0.15, -0.1) is 0 Å². The van der Waals surface area contributed by atoms with Gasteiger partial charge in [0, 0.05) is 50.2 Å². The Bertz CT molecular complexity index is 994. The highest BCUT2D eigenvalue weighted by atomic mass is 32.2. The number of amides is 1. The summed E-state index contributed by atoms with van der Waals surface area (Å²) in [5.41, 5.74) is 1.53. The molecule has 1 aromatic carbocycles. The van der Waals surface area contributed by atoms with Crippen molar-refractivity contribution in [2.75, 3.05) is 33.0 Å². The van der Waals surface area contributed by atoms with Crippen LogP contribution in [0.1, 0.15) is 34.6 Å². The molecule has 1 amide bonds. The van der Waals surface area contributed by atoms with Crippen molar-refractivity contribution in [3.8, 4) is 5.75 Å². The normalized spacial score (nSPS) is 15.6. The van der Waals surface area contributed by atoms with E-state index in [4.69, 9.17) is 4.74 Å². The van der Waals surface area contributed by atoms with Crippen LogP contribution in [0.4, 0.5) is 0 Å². The molecule has 1 fully saturated rings. The van der Waals surface area contributed by atoms with Crippen LogP contribution in [0, 0.1) is 13.8 Å². The van der Waals surface area contributed by atoms with Crippen LogP contribution in [0.5, 0.6) is 5.75 Å². The standard InChI is InChI=1S/C21H30N4O4S/c1-16-15-19(29-3)5-6-20(16)21(26)24-10-7-18(8-11-24)25(30(4,27)28)14-13-23-12-9-22-17(23)2/h5-6,9,12,15,18H,7-8,10-11,13-14H2,1-4H3. The van der Waals surface area contributed by atoms with Gasteiger partial charge >= 0.3 is 0 Å². The molecule has 0 N–H and O–H groups in total. The van der Waals surface area contributed by atoms with Gasteiger partial charge in [-0.25, -0.2) is 13.4 Å². The molecule has 1 aromatic heterocycles. The molecule has 164 valence electrons. The molecular formula is C21H30N4O4S. The van der Waals surface area contributed by atoms with E-state index in [0.29, 0.717) is 44.6 Å². The molecule has 30 heavy (non-hydrogen) atoms. The molecule has 2 aromatic rings. The predicted molar refractivity (Wildman–Crippen MR) is 115 cm³/mol. The van der Waals surface area contributed by atoms with Gasteiger partial charge in [0.25, 0.3) is 5.91 Å². The Morgan fingerprint density at radius 1 is 1.27 bits per heavy atom. The number of sulfonamides is 1. The molecule has 8 nitrogen and oxygen atoms in total. The molecule has 0 bridgehead atoms. The average molecular weight is 435 g/mol. The summed E-state index contributed by atoms with van der Waals surface area (Å²) in [5.74, 6) is 1.56. The van der Waals surface area contributed by atoms with Crippen molar-refractivity contribution in [3.05, 3.63) is 47.5 Å². The summed E-state index contributed by atoms with van der Waals surface area (Å²) < 4.78 is 33.6. The lowest BCUT2D eigenvalue weighted by atomic mass is 10.0. The molecule has 1 aliphatic heterocycles. The lowest BCUT2D eigenvalue weighted by Crippen LogP contribution is -2.49. The summed E-state index contributed by atoms with van der Waals surface area (Å²) in [5, 5.41) is 0. The van der Waals surface area contributed by atoms with Gasteiger partial charge in [-0.2, -0.15) is 4.31 Å². The molecule has 3 rings (SSSR count). The average Bonchev–Trinajstić information content (AvgIpc) is 3.12. The third-order valence-corrected chi connectivity index (χ3v) is 7.07. The van der Waals surface area contributed by atoms with Crippen LogP contribution in [-0.2, 0) is 16.6 Å². The number of imidazole rings is 1. The third-order valence-electron chi connectivity index (χ3n) is 5.73. The number of likely N-dealkylation sites (tertiary alicyclic amines) is 1. The number of aromatic nitrogens is 2. The highest BCUT2D eigenvalue weighted by Crippen LogP contribution is 2.23. The van der Waals surface area contributed by atoms with Gasteiger partial charge in [-0.1, -0.05) is 0 Å². The first-order chi connectivity index (χ1) is 14.2. The summed E-state index contributed by atoms with van der Waals surface area (Å²) in [6, 6.07) is 5.32. The Hall–Kier alpha value is -2.39. The molecule has 1 aliphatic rings. The largest absolute Gasteiger partial charge is 0.497 e. The molecule has 0 radical (unpaired) electrons. The summed E-state index contributed by atoms with van der Waals surface area (Å²) >= 11 is 0. The highest BCUT2D eigenvalue weighted by molar-refractivity contribution is 7.88. The SMILES string of the molecule is COc1ccc(C(=O)N2CCC(N(CCn3ccnc3C)S(C)(=O)=O)CC2)c(C)c1. The van der Waals surface area contributed by atoms with Crippen molar-refractivity contribution in [2.45, 2.75) is 39.3 Å². The van der Waals surface area contributed by atoms with E-state index in [9.17, 15) is 13.2 Å². The fourth-order valence-electron chi connectivity index (χ4n) is 4.00. The number of rotatable bonds is 7. The number of hydrogen-bond acceptors (Lipinski definition) is 5. The van der Waals surface area contributed by atoms with E-state index in [-0.39, 0.29) is 11.9 Å². The number of aryl methyl sites for hydroxylation is 2. The van der Waals surface area contributed by atoms with Gasteiger partial charge < -0.3 is 14.2 Å². The van der Waals surface area contributed by atoms with Gasteiger partial charge in [0.05, 0.1) is 13.4 Å². The van der Waals surface area contributed by atoms with Crippen molar-refractivity contribution in [1.82, 2.24) is 18.8 Å². The predicted octanol–water partition coefficient (Wildman–Crippen LogP) is 2.07. The molecular weight excluding hydrogens is 404 g/mol. The van der Waals surface area contributed by atoms with Gasteiger partial charge in [0.15, 0.2) is 0 Å². The van der Waals surface area contributed by atoms with E-state index in [1.54, 1.807) is 29.7 Å². The van der Waals surface area contributed by atoms with Crippen LogP contribution in [-0.4, -0.2) is 72.1 Å². The summed E-state index contributed by atoms with van der Waals surface area (Å²) in [6.07, 6.45) is 6.07. The number of benzene rings is 1. The molecule has 9 heteroatoms. The van der Waals surface area contributed by atoms with Gasteiger partial charge in [-0.05, 0) is 50.5 Å². The number of nitrogens with zero attached hydrogens (tertiary/aromatic N) is 4. The zero-order valence-electron chi connectivity index (χ0n) is 18.0. The highest BCUT2D eigenvalue weighted by Gasteiger charge is 2.32. The number of hydrogen-bond donors (Lipinski definition) is 0. The minimum Gasteiger partial charge on any atom is -0.497 e. The van der Waals surface area contributed by atoms with Crippen LogP contribution in [0.2, 0.25) is 0 Å². The lowest BCUT2D eigenvalue weighted by molar-refractivity contribution is 0.0677. The number of carbonyl (C=O) groups excluding carboxylic acids is 1. The lowest BCUT2D eigenvalue weighted by Gasteiger charge is -2.37. The topological polar surface area (TPSA) is 84.7 Å². The van der Waals surface area contributed by atoms with E-state index < -0.39 is 10.0 Å². The molecule has 1 saturated heterocycles. The minimum atomic E-state index is -3.35. The molecule has 0 aliphatic carbocycles. The van der Waals surface area contributed by atoms with E-state index >= 15 is 0 Å². The Labute approximate surface area is 178 Å². The van der Waals surface area contributed by atoms with Crippen molar-refractivity contribution < 1.29 is 17.9 Å². The first-order valence-electron chi connectivity index (χ1n) is 10.1. The van der Waals surface area contributed by atoms with Crippen LogP contribution in [0.25, 0.3) is 0 Å². The van der Waals surface area contributed by atoms with Crippen LogP contribution >= 0.6 is 0 Å². The molecule has 0 atom stereocenters. The van der Waals surface area contributed by atoms with Crippen molar-refractivity contribution in [3.63, 3.8) is 0 Å². The first-order valence-corrected chi connectivity index (χ1v) is 11.9. The monoisotopic (exact) mass is 434 g/mol. The maximum absolute atomic E-state index is 13.0. The maximum atomic E-state index is 13.0.